The Kier molecular flexibility index (Phi) is 6.07. The van der Waals surface area contributed by atoms with Crippen molar-refractivity contribution in [1.82, 2.24) is 15.2 Å². The van der Waals surface area contributed by atoms with E-state index in [-0.39, 0.29) is 0 Å². The first-order valence-corrected chi connectivity index (χ1v) is 8.21. The second-order valence-electron chi connectivity index (χ2n) is 5.59. The van der Waals surface area contributed by atoms with Gasteiger partial charge in [0, 0.05) is 37.8 Å². The van der Waals surface area contributed by atoms with Gasteiger partial charge in [-0.3, -0.25) is 4.90 Å². The SMILES string of the molecule is CC(C)CNCCCN1CCN(c2nccs2)CC1. The first kappa shape index (κ1) is 14.8. The third-order valence-electron chi connectivity index (χ3n) is 3.44. The summed E-state index contributed by atoms with van der Waals surface area (Å²) in [5, 5.41) is 6.75. The second-order valence-corrected chi connectivity index (χ2v) is 6.47. The number of piperazine rings is 1. The first-order chi connectivity index (χ1) is 9.25. The monoisotopic (exact) mass is 282 g/mol. The van der Waals surface area contributed by atoms with Gasteiger partial charge in [0.05, 0.1) is 0 Å². The molecule has 0 atom stereocenters. The van der Waals surface area contributed by atoms with E-state index in [0.29, 0.717) is 0 Å². The lowest BCUT2D eigenvalue weighted by Crippen LogP contribution is -2.47. The van der Waals surface area contributed by atoms with Crippen molar-refractivity contribution in [3.8, 4) is 0 Å². The number of nitrogens with one attached hydrogen (secondary N) is 1. The molecule has 1 aromatic heterocycles. The Morgan fingerprint density at radius 3 is 2.74 bits per heavy atom. The number of rotatable bonds is 7. The van der Waals surface area contributed by atoms with Gasteiger partial charge in [-0.25, -0.2) is 4.98 Å². The van der Waals surface area contributed by atoms with Crippen LogP contribution in [0, 0.1) is 5.92 Å². The number of nitrogens with zero attached hydrogens (tertiary/aromatic N) is 3. The van der Waals surface area contributed by atoms with Crippen LogP contribution < -0.4 is 10.2 Å². The van der Waals surface area contributed by atoms with Crippen molar-refractivity contribution in [2.75, 3.05) is 50.7 Å². The molecule has 2 heterocycles. The highest BCUT2D eigenvalue weighted by Crippen LogP contribution is 2.18. The fraction of sp³-hybridized carbons (Fsp3) is 0.786. The van der Waals surface area contributed by atoms with Crippen molar-refractivity contribution in [3.63, 3.8) is 0 Å². The Hall–Kier alpha value is -0.650. The Labute approximate surface area is 120 Å². The Morgan fingerprint density at radius 1 is 1.32 bits per heavy atom. The zero-order valence-electron chi connectivity index (χ0n) is 12.1. The molecule has 1 aliphatic heterocycles. The Balaban J connectivity index is 1.56. The zero-order valence-corrected chi connectivity index (χ0v) is 13.0. The van der Waals surface area contributed by atoms with Gasteiger partial charge < -0.3 is 10.2 Å². The number of hydrogen-bond acceptors (Lipinski definition) is 5. The Bertz CT molecular complexity index is 331. The normalized spacial score (nSPS) is 17.3. The van der Waals surface area contributed by atoms with Gasteiger partial charge in [-0.1, -0.05) is 13.8 Å². The van der Waals surface area contributed by atoms with Gasteiger partial charge >= 0.3 is 0 Å². The number of hydrogen-bond donors (Lipinski definition) is 1. The minimum Gasteiger partial charge on any atom is -0.346 e. The van der Waals surface area contributed by atoms with Crippen LogP contribution in [0.4, 0.5) is 5.13 Å². The van der Waals surface area contributed by atoms with Crippen molar-refractivity contribution >= 4 is 16.5 Å². The van der Waals surface area contributed by atoms with Crippen LogP contribution in [0.3, 0.4) is 0 Å². The quantitative estimate of drug-likeness (QED) is 0.774. The molecule has 5 heteroatoms. The van der Waals surface area contributed by atoms with Crippen LogP contribution >= 0.6 is 11.3 Å². The van der Waals surface area contributed by atoms with Crippen molar-refractivity contribution in [2.45, 2.75) is 20.3 Å². The van der Waals surface area contributed by atoms with E-state index in [2.05, 4.69) is 39.3 Å². The molecule has 0 aromatic carbocycles. The summed E-state index contributed by atoms with van der Waals surface area (Å²) in [6.07, 6.45) is 3.15. The number of thiazole rings is 1. The number of anilines is 1. The minimum atomic E-state index is 0.752. The molecule has 0 unspecified atom stereocenters. The summed E-state index contributed by atoms with van der Waals surface area (Å²) in [7, 11) is 0. The van der Waals surface area contributed by atoms with Crippen LogP contribution in [0.25, 0.3) is 0 Å². The molecule has 0 bridgehead atoms. The van der Waals surface area contributed by atoms with Crippen molar-refractivity contribution in [1.29, 1.82) is 0 Å². The summed E-state index contributed by atoms with van der Waals surface area (Å²) < 4.78 is 0. The number of aromatic nitrogens is 1. The molecule has 1 saturated heterocycles. The topological polar surface area (TPSA) is 31.4 Å². The van der Waals surface area contributed by atoms with Crippen LogP contribution in [0.15, 0.2) is 11.6 Å². The van der Waals surface area contributed by atoms with Gasteiger partial charge in [0.1, 0.15) is 0 Å². The van der Waals surface area contributed by atoms with Crippen LogP contribution in [0.2, 0.25) is 0 Å². The van der Waals surface area contributed by atoms with Crippen LogP contribution in [-0.4, -0.2) is 55.7 Å². The molecule has 2 rings (SSSR count). The minimum absolute atomic E-state index is 0.752. The van der Waals surface area contributed by atoms with Crippen molar-refractivity contribution in [3.05, 3.63) is 11.6 Å². The highest BCUT2D eigenvalue weighted by atomic mass is 32.1. The van der Waals surface area contributed by atoms with Crippen LogP contribution in [-0.2, 0) is 0 Å². The summed E-state index contributed by atoms with van der Waals surface area (Å²) in [5.41, 5.74) is 0. The molecule has 0 aliphatic carbocycles. The van der Waals surface area contributed by atoms with Gasteiger partial charge in [0.15, 0.2) is 5.13 Å². The molecule has 19 heavy (non-hydrogen) atoms. The Morgan fingerprint density at radius 2 is 2.11 bits per heavy atom. The van der Waals surface area contributed by atoms with Crippen LogP contribution in [0.5, 0.6) is 0 Å². The molecule has 0 saturated carbocycles. The van der Waals surface area contributed by atoms with Gasteiger partial charge in [0.25, 0.3) is 0 Å². The molecule has 4 nitrogen and oxygen atoms in total. The lowest BCUT2D eigenvalue weighted by molar-refractivity contribution is 0.253. The lowest BCUT2D eigenvalue weighted by atomic mass is 10.2. The standard InChI is InChI=1S/C14H26N4S/c1-13(2)12-15-4-3-6-17-7-9-18(10-8-17)14-16-5-11-19-14/h5,11,13,15H,3-4,6-10,12H2,1-2H3. The van der Waals surface area contributed by atoms with Gasteiger partial charge in [-0.15, -0.1) is 11.3 Å². The largest absolute Gasteiger partial charge is 0.346 e. The molecule has 1 aliphatic rings. The van der Waals surface area contributed by atoms with E-state index in [4.69, 9.17) is 0 Å². The summed E-state index contributed by atoms with van der Waals surface area (Å²) in [4.78, 5) is 9.36. The van der Waals surface area contributed by atoms with Crippen molar-refractivity contribution in [2.24, 2.45) is 5.92 Å². The maximum Gasteiger partial charge on any atom is 0.185 e. The summed E-state index contributed by atoms with van der Waals surface area (Å²) in [5.74, 6) is 0.752. The van der Waals surface area contributed by atoms with E-state index in [1.807, 2.05) is 6.20 Å². The molecule has 1 aromatic rings. The van der Waals surface area contributed by atoms with E-state index >= 15 is 0 Å². The first-order valence-electron chi connectivity index (χ1n) is 7.33. The average Bonchev–Trinajstić information content (AvgIpc) is 2.93. The fourth-order valence-electron chi connectivity index (χ4n) is 2.35. The zero-order chi connectivity index (χ0) is 13.5. The maximum atomic E-state index is 4.38. The predicted molar refractivity (Wildman–Crippen MR) is 83.1 cm³/mol. The van der Waals surface area contributed by atoms with Gasteiger partial charge in [-0.2, -0.15) is 0 Å². The fourth-order valence-corrected chi connectivity index (χ4v) is 3.05. The van der Waals surface area contributed by atoms with Crippen molar-refractivity contribution < 1.29 is 0 Å². The maximum absolute atomic E-state index is 4.38. The summed E-state index contributed by atoms with van der Waals surface area (Å²) in [6, 6.07) is 0. The lowest BCUT2D eigenvalue weighted by Gasteiger charge is -2.34. The smallest absolute Gasteiger partial charge is 0.185 e. The van der Waals surface area contributed by atoms with E-state index in [9.17, 15) is 0 Å². The third-order valence-corrected chi connectivity index (χ3v) is 4.27. The molecule has 1 N–H and O–H groups in total. The highest BCUT2D eigenvalue weighted by Gasteiger charge is 2.17. The van der Waals surface area contributed by atoms with E-state index < -0.39 is 0 Å². The molecular weight excluding hydrogens is 256 g/mol. The second kappa shape index (κ2) is 7.82. The van der Waals surface area contributed by atoms with Gasteiger partial charge in [0.2, 0.25) is 0 Å². The average molecular weight is 282 g/mol. The molecular formula is C14H26N4S. The molecule has 0 radical (unpaired) electrons. The van der Waals surface area contributed by atoms with E-state index in [1.165, 1.54) is 31.2 Å². The van der Waals surface area contributed by atoms with E-state index in [0.717, 1.165) is 32.1 Å². The summed E-state index contributed by atoms with van der Waals surface area (Å²) in [6.45, 7) is 12.6. The van der Waals surface area contributed by atoms with Crippen LogP contribution in [0.1, 0.15) is 20.3 Å². The molecule has 1 fully saturated rings. The highest BCUT2D eigenvalue weighted by molar-refractivity contribution is 7.13. The molecule has 0 amide bonds. The molecule has 108 valence electrons. The predicted octanol–water partition coefficient (Wildman–Crippen LogP) is 1.90. The summed E-state index contributed by atoms with van der Waals surface area (Å²) >= 11 is 1.74. The van der Waals surface area contributed by atoms with E-state index in [1.54, 1.807) is 11.3 Å². The molecule has 0 spiro atoms. The van der Waals surface area contributed by atoms with Gasteiger partial charge in [-0.05, 0) is 32.0 Å². The third kappa shape index (κ3) is 5.09.